The number of hydrogen-bond donors (Lipinski definition) is 1. The van der Waals surface area contributed by atoms with Gasteiger partial charge in [-0.1, -0.05) is 12.1 Å². The Labute approximate surface area is 141 Å². The first kappa shape index (κ1) is 17.7. The first-order valence-corrected chi connectivity index (χ1v) is 7.67. The molecule has 0 bridgehead atoms. The molecule has 128 valence electrons. The van der Waals surface area contributed by atoms with E-state index in [-0.39, 0.29) is 6.42 Å². The van der Waals surface area contributed by atoms with E-state index in [0.29, 0.717) is 0 Å². The average Bonchev–Trinajstić information content (AvgIpc) is 3.00. The van der Waals surface area contributed by atoms with Gasteiger partial charge in [-0.05, 0) is 57.0 Å². The Morgan fingerprint density at radius 2 is 1.71 bits per heavy atom. The minimum atomic E-state index is -1.04. The minimum Gasteiger partial charge on any atom is -0.428 e. The van der Waals surface area contributed by atoms with Crippen molar-refractivity contribution in [2.45, 2.75) is 38.8 Å². The zero-order chi connectivity index (χ0) is 17.7. The van der Waals surface area contributed by atoms with E-state index in [1.807, 2.05) is 53.4 Å². The maximum absolute atomic E-state index is 11.8. The second-order valence-corrected chi connectivity index (χ2v) is 6.45. The van der Waals surface area contributed by atoms with Gasteiger partial charge in [0.1, 0.15) is 11.6 Å². The topological polar surface area (TPSA) is 83.6 Å². The predicted molar refractivity (Wildman–Crippen MR) is 89.8 cm³/mol. The average molecular weight is 330 g/mol. The molecule has 1 aromatic heterocycles. The van der Waals surface area contributed by atoms with E-state index in [2.05, 4.69) is 4.74 Å². The van der Waals surface area contributed by atoms with Gasteiger partial charge in [0.2, 0.25) is 0 Å². The summed E-state index contributed by atoms with van der Waals surface area (Å²) < 4.78 is 11.5. The normalized spacial score (nSPS) is 12.5. The Hall–Kier alpha value is -2.60. The highest BCUT2D eigenvalue weighted by Crippen LogP contribution is 2.12. The Morgan fingerprint density at radius 3 is 2.25 bits per heavy atom. The quantitative estimate of drug-likeness (QED) is 0.688. The number of carbonyl (C=O) groups is 2. The Bertz CT molecular complexity index is 685. The number of rotatable bonds is 4. The number of carbonyl (C=O) groups excluding carboxylic acids is 2. The van der Waals surface area contributed by atoms with Crippen LogP contribution in [0.5, 0.6) is 0 Å². The van der Waals surface area contributed by atoms with Crippen LogP contribution >= 0.6 is 0 Å². The van der Waals surface area contributed by atoms with E-state index in [4.69, 9.17) is 10.5 Å². The minimum absolute atomic E-state index is 0.271. The molecule has 0 fully saturated rings. The van der Waals surface area contributed by atoms with Crippen molar-refractivity contribution in [2.24, 2.45) is 5.73 Å². The number of ether oxygens (including phenoxy) is 2. The first-order chi connectivity index (χ1) is 11.2. The largest absolute Gasteiger partial charge is 0.516 e. The molecule has 0 aliphatic heterocycles. The number of esters is 1. The van der Waals surface area contributed by atoms with E-state index >= 15 is 0 Å². The summed E-state index contributed by atoms with van der Waals surface area (Å²) in [6.45, 7) is 5.06. The maximum Gasteiger partial charge on any atom is 0.516 e. The van der Waals surface area contributed by atoms with Gasteiger partial charge in [-0.2, -0.15) is 0 Å². The van der Waals surface area contributed by atoms with Crippen molar-refractivity contribution in [1.82, 2.24) is 4.57 Å². The Morgan fingerprint density at radius 1 is 1.12 bits per heavy atom. The van der Waals surface area contributed by atoms with Crippen LogP contribution in [0.2, 0.25) is 0 Å². The van der Waals surface area contributed by atoms with Crippen LogP contribution in [0.25, 0.3) is 5.69 Å². The molecule has 0 saturated carbocycles. The number of aromatic nitrogens is 1. The van der Waals surface area contributed by atoms with Crippen molar-refractivity contribution in [1.29, 1.82) is 0 Å². The standard InChI is InChI=1S/C18H22N2O4/c1-18(2,3)24-17(22)23-16(21)15(19)12-13-6-8-14(9-7-13)20-10-4-5-11-20/h4-11,15H,12,19H2,1-3H3/t15-/m0/s1. The third-order valence-corrected chi connectivity index (χ3v) is 3.17. The van der Waals surface area contributed by atoms with E-state index < -0.39 is 23.8 Å². The molecule has 0 unspecified atom stereocenters. The molecular formula is C18H22N2O4. The van der Waals surface area contributed by atoms with Gasteiger partial charge in [0, 0.05) is 18.1 Å². The van der Waals surface area contributed by atoms with E-state index in [9.17, 15) is 9.59 Å². The highest BCUT2D eigenvalue weighted by Gasteiger charge is 2.24. The van der Waals surface area contributed by atoms with Crippen molar-refractivity contribution in [3.8, 4) is 5.69 Å². The second-order valence-electron chi connectivity index (χ2n) is 6.45. The summed E-state index contributed by atoms with van der Waals surface area (Å²) in [4.78, 5) is 23.3. The third-order valence-electron chi connectivity index (χ3n) is 3.17. The number of nitrogens with two attached hydrogens (primary N) is 1. The molecular weight excluding hydrogens is 308 g/mol. The lowest BCUT2D eigenvalue weighted by atomic mass is 10.1. The smallest absolute Gasteiger partial charge is 0.428 e. The van der Waals surface area contributed by atoms with Gasteiger partial charge in [-0.3, -0.25) is 0 Å². The summed E-state index contributed by atoms with van der Waals surface area (Å²) in [5.41, 5.74) is 6.96. The fourth-order valence-corrected chi connectivity index (χ4v) is 2.08. The molecule has 6 heteroatoms. The fraction of sp³-hybridized carbons (Fsp3) is 0.333. The van der Waals surface area contributed by atoms with Crippen LogP contribution in [0.3, 0.4) is 0 Å². The molecule has 1 atom stereocenters. The molecule has 2 aromatic rings. The summed E-state index contributed by atoms with van der Waals surface area (Å²) in [7, 11) is 0. The van der Waals surface area contributed by atoms with Crippen LogP contribution in [0.4, 0.5) is 4.79 Å². The summed E-state index contributed by atoms with van der Waals surface area (Å²) in [6.07, 6.45) is 3.12. The highest BCUT2D eigenvalue weighted by atomic mass is 16.7. The zero-order valence-electron chi connectivity index (χ0n) is 14.1. The SMILES string of the molecule is CC(C)(C)OC(=O)OC(=O)[C@@H](N)Cc1ccc(-n2cccc2)cc1. The number of nitrogens with zero attached hydrogens (tertiary/aromatic N) is 1. The molecule has 24 heavy (non-hydrogen) atoms. The third kappa shape index (κ3) is 5.24. The van der Waals surface area contributed by atoms with Gasteiger partial charge < -0.3 is 19.8 Å². The van der Waals surface area contributed by atoms with Crippen molar-refractivity contribution in [3.05, 3.63) is 54.4 Å². The molecule has 0 amide bonds. The van der Waals surface area contributed by atoms with Crippen molar-refractivity contribution in [3.63, 3.8) is 0 Å². The van der Waals surface area contributed by atoms with E-state index in [1.54, 1.807) is 20.8 Å². The van der Waals surface area contributed by atoms with Gasteiger partial charge in [0.25, 0.3) is 0 Å². The first-order valence-electron chi connectivity index (χ1n) is 7.67. The molecule has 2 N–H and O–H groups in total. The van der Waals surface area contributed by atoms with Gasteiger partial charge in [-0.15, -0.1) is 0 Å². The van der Waals surface area contributed by atoms with E-state index in [1.165, 1.54) is 0 Å². The molecule has 0 aliphatic carbocycles. The number of hydrogen-bond acceptors (Lipinski definition) is 5. The molecule has 0 radical (unpaired) electrons. The summed E-state index contributed by atoms with van der Waals surface area (Å²) >= 11 is 0. The van der Waals surface area contributed by atoms with Crippen molar-refractivity contribution in [2.75, 3.05) is 0 Å². The fourth-order valence-electron chi connectivity index (χ4n) is 2.08. The lowest BCUT2D eigenvalue weighted by Crippen LogP contribution is -2.37. The number of benzene rings is 1. The van der Waals surface area contributed by atoms with Crippen LogP contribution in [-0.2, 0) is 20.7 Å². The maximum atomic E-state index is 11.8. The van der Waals surface area contributed by atoms with Gasteiger partial charge in [0.05, 0.1) is 0 Å². The van der Waals surface area contributed by atoms with Crippen LogP contribution in [0.15, 0.2) is 48.8 Å². The van der Waals surface area contributed by atoms with E-state index in [0.717, 1.165) is 11.3 Å². The van der Waals surface area contributed by atoms with Crippen LogP contribution in [0.1, 0.15) is 26.3 Å². The summed E-state index contributed by atoms with van der Waals surface area (Å²) in [5.74, 6) is -0.807. The lowest BCUT2D eigenvalue weighted by Gasteiger charge is -2.19. The van der Waals surface area contributed by atoms with Crippen LogP contribution in [0, 0.1) is 0 Å². The van der Waals surface area contributed by atoms with Crippen LogP contribution in [-0.4, -0.2) is 28.3 Å². The monoisotopic (exact) mass is 330 g/mol. The predicted octanol–water partition coefficient (Wildman–Crippen LogP) is 2.83. The molecule has 0 spiro atoms. The molecule has 1 aromatic carbocycles. The molecule has 0 saturated heterocycles. The van der Waals surface area contributed by atoms with Crippen molar-refractivity contribution >= 4 is 12.1 Å². The lowest BCUT2D eigenvalue weighted by molar-refractivity contribution is -0.142. The zero-order valence-corrected chi connectivity index (χ0v) is 14.1. The summed E-state index contributed by atoms with van der Waals surface area (Å²) in [5, 5.41) is 0. The molecule has 2 rings (SSSR count). The van der Waals surface area contributed by atoms with Gasteiger partial charge in [-0.25, -0.2) is 9.59 Å². The van der Waals surface area contributed by atoms with Crippen LogP contribution < -0.4 is 5.73 Å². The second kappa shape index (κ2) is 7.31. The molecule has 1 heterocycles. The van der Waals surface area contributed by atoms with Crippen molar-refractivity contribution < 1.29 is 19.1 Å². The molecule has 6 nitrogen and oxygen atoms in total. The Balaban J connectivity index is 1.90. The van der Waals surface area contributed by atoms with Gasteiger partial charge >= 0.3 is 12.1 Å². The highest BCUT2D eigenvalue weighted by molar-refractivity contribution is 5.85. The molecule has 0 aliphatic rings. The Kier molecular flexibility index (Phi) is 5.41. The van der Waals surface area contributed by atoms with Gasteiger partial charge in [0.15, 0.2) is 0 Å². The summed E-state index contributed by atoms with van der Waals surface area (Å²) in [6, 6.07) is 10.6.